The second-order valence-electron chi connectivity index (χ2n) is 4.14. The van der Waals surface area contributed by atoms with E-state index in [0.29, 0.717) is 16.6 Å². The number of halogens is 1. The Bertz CT molecular complexity index is 466. The first-order valence-electron chi connectivity index (χ1n) is 6.11. The van der Waals surface area contributed by atoms with Gasteiger partial charge in [-0.15, -0.1) is 22.9 Å². The highest BCUT2D eigenvalue weighted by Crippen LogP contribution is 2.27. The smallest absolute Gasteiger partial charge is 0.206 e. The van der Waals surface area contributed by atoms with E-state index in [2.05, 4.69) is 0 Å². The Labute approximate surface area is 119 Å². The van der Waals surface area contributed by atoms with Gasteiger partial charge in [-0.25, -0.2) is 8.42 Å². The number of hydrogen-bond donors (Lipinski definition) is 0. The summed E-state index contributed by atoms with van der Waals surface area (Å²) in [5.41, 5.74) is 0. The van der Waals surface area contributed by atoms with Crippen LogP contribution in [0.15, 0.2) is 16.3 Å². The van der Waals surface area contributed by atoms with Crippen LogP contribution >= 0.6 is 22.9 Å². The highest BCUT2D eigenvalue weighted by Gasteiger charge is 2.30. The van der Waals surface area contributed by atoms with Gasteiger partial charge in [-0.1, -0.05) is 13.8 Å². The maximum absolute atomic E-state index is 12.6. The van der Waals surface area contributed by atoms with Crippen LogP contribution in [-0.4, -0.2) is 31.2 Å². The lowest BCUT2D eigenvalue weighted by molar-refractivity contribution is 0.317. The van der Waals surface area contributed by atoms with Gasteiger partial charge in [-0.05, 0) is 31.9 Å². The van der Waals surface area contributed by atoms with E-state index in [1.165, 1.54) is 11.3 Å². The highest BCUT2D eigenvalue weighted by atomic mass is 35.5. The van der Waals surface area contributed by atoms with Crippen molar-refractivity contribution < 1.29 is 8.42 Å². The lowest BCUT2D eigenvalue weighted by atomic mass is 10.2. The predicted molar refractivity (Wildman–Crippen MR) is 78.0 cm³/mol. The molecule has 0 radical (unpaired) electrons. The minimum Gasteiger partial charge on any atom is -0.206 e. The standard InChI is InChI=1S/C12H20ClNO2S2/c1-4-11(5-2)14(9-8-13)18(15,16)12-7-6-10(3)17-12/h6-7,11H,4-5,8-9H2,1-3H3. The van der Waals surface area contributed by atoms with Gasteiger partial charge in [0.25, 0.3) is 10.0 Å². The quantitative estimate of drug-likeness (QED) is 0.723. The summed E-state index contributed by atoms with van der Waals surface area (Å²) in [5.74, 6) is 0.320. The lowest BCUT2D eigenvalue weighted by Crippen LogP contribution is -2.40. The summed E-state index contributed by atoms with van der Waals surface area (Å²) < 4.78 is 27.1. The monoisotopic (exact) mass is 309 g/mol. The first kappa shape index (κ1) is 16.0. The van der Waals surface area contributed by atoms with Crippen LogP contribution in [0.1, 0.15) is 31.6 Å². The lowest BCUT2D eigenvalue weighted by Gasteiger charge is -2.28. The Kier molecular flexibility index (Phi) is 6.11. The van der Waals surface area contributed by atoms with E-state index < -0.39 is 10.0 Å². The zero-order valence-electron chi connectivity index (χ0n) is 11.0. The number of thiophene rings is 1. The third kappa shape index (κ3) is 3.47. The maximum atomic E-state index is 12.6. The molecule has 1 aromatic heterocycles. The van der Waals surface area contributed by atoms with Gasteiger partial charge in [-0.2, -0.15) is 4.31 Å². The molecule has 1 rings (SSSR count). The zero-order valence-corrected chi connectivity index (χ0v) is 13.4. The molecule has 0 aliphatic carbocycles. The fraction of sp³-hybridized carbons (Fsp3) is 0.667. The third-order valence-electron chi connectivity index (χ3n) is 2.93. The summed E-state index contributed by atoms with van der Waals surface area (Å²) >= 11 is 7.06. The highest BCUT2D eigenvalue weighted by molar-refractivity contribution is 7.91. The Balaban J connectivity index is 3.11. The molecule has 0 aliphatic heterocycles. The van der Waals surface area contributed by atoms with Crippen molar-refractivity contribution in [2.45, 2.75) is 43.9 Å². The minimum absolute atomic E-state index is 0.0242. The molecular weight excluding hydrogens is 290 g/mol. The summed E-state index contributed by atoms with van der Waals surface area (Å²) in [7, 11) is -3.40. The van der Waals surface area contributed by atoms with E-state index in [-0.39, 0.29) is 6.04 Å². The van der Waals surface area contributed by atoms with Crippen molar-refractivity contribution in [2.24, 2.45) is 0 Å². The fourth-order valence-corrected chi connectivity index (χ4v) is 5.41. The molecule has 0 amide bonds. The SMILES string of the molecule is CCC(CC)N(CCCl)S(=O)(=O)c1ccc(C)s1. The average molecular weight is 310 g/mol. The molecule has 3 nitrogen and oxygen atoms in total. The van der Waals surface area contributed by atoms with Crippen molar-refractivity contribution >= 4 is 33.0 Å². The van der Waals surface area contributed by atoms with E-state index in [9.17, 15) is 8.42 Å². The van der Waals surface area contributed by atoms with Gasteiger partial charge in [0.15, 0.2) is 0 Å². The van der Waals surface area contributed by atoms with E-state index in [1.54, 1.807) is 10.4 Å². The zero-order chi connectivity index (χ0) is 13.8. The number of sulfonamides is 1. The van der Waals surface area contributed by atoms with E-state index >= 15 is 0 Å². The van der Waals surface area contributed by atoms with Crippen molar-refractivity contribution in [3.8, 4) is 0 Å². The molecule has 0 bridgehead atoms. The van der Waals surface area contributed by atoms with Crippen molar-refractivity contribution in [2.75, 3.05) is 12.4 Å². The number of aryl methyl sites for hydroxylation is 1. The summed E-state index contributed by atoms with van der Waals surface area (Å²) in [6.45, 7) is 6.29. The second-order valence-corrected chi connectivity index (χ2v) is 7.92. The number of hydrogen-bond acceptors (Lipinski definition) is 3. The van der Waals surface area contributed by atoms with Gasteiger partial charge < -0.3 is 0 Å². The molecule has 18 heavy (non-hydrogen) atoms. The van der Waals surface area contributed by atoms with Crippen LogP contribution in [0.5, 0.6) is 0 Å². The molecule has 0 saturated carbocycles. The topological polar surface area (TPSA) is 37.4 Å². The first-order valence-corrected chi connectivity index (χ1v) is 8.90. The average Bonchev–Trinajstić information content (AvgIpc) is 2.77. The predicted octanol–water partition coefficient (Wildman–Crippen LogP) is 3.47. The molecular formula is C12H20ClNO2S2. The first-order chi connectivity index (χ1) is 8.47. The van der Waals surface area contributed by atoms with Crippen LogP contribution in [0.3, 0.4) is 0 Å². The Morgan fingerprint density at radius 3 is 2.33 bits per heavy atom. The molecule has 0 saturated heterocycles. The van der Waals surface area contributed by atoms with Gasteiger partial charge in [0.1, 0.15) is 4.21 Å². The van der Waals surface area contributed by atoms with Gasteiger partial charge in [0, 0.05) is 23.3 Å². The molecule has 0 N–H and O–H groups in total. The summed E-state index contributed by atoms with van der Waals surface area (Å²) in [4.78, 5) is 1.00. The summed E-state index contributed by atoms with van der Waals surface area (Å²) in [5, 5.41) is 0. The van der Waals surface area contributed by atoms with Crippen LogP contribution in [0.25, 0.3) is 0 Å². The molecule has 0 spiro atoms. The number of nitrogens with zero attached hydrogens (tertiary/aromatic N) is 1. The molecule has 0 unspecified atom stereocenters. The van der Waals surface area contributed by atoms with Gasteiger partial charge in [0.2, 0.25) is 0 Å². The van der Waals surface area contributed by atoms with E-state index in [1.807, 2.05) is 26.8 Å². The van der Waals surface area contributed by atoms with Gasteiger partial charge in [-0.3, -0.25) is 0 Å². The Hall–Kier alpha value is -0.100. The number of alkyl halides is 1. The molecule has 0 aromatic carbocycles. The van der Waals surface area contributed by atoms with Crippen LogP contribution < -0.4 is 0 Å². The molecule has 0 atom stereocenters. The molecule has 0 fully saturated rings. The largest absolute Gasteiger partial charge is 0.252 e. The molecule has 0 aliphatic rings. The van der Waals surface area contributed by atoms with Crippen molar-refractivity contribution in [3.05, 3.63) is 17.0 Å². The van der Waals surface area contributed by atoms with Crippen molar-refractivity contribution in [1.82, 2.24) is 4.31 Å². The number of rotatable bonds is 7. The van der Waals surface area contributed by atoms with Crippen LogP contribution in [0.4, 0.5) is 0 Å². The maximum Gasteiger partial charge on any atom is 0.252 e. The minimum atomic E-state index is -3.40. The fourth-order valence-electron chi connectivity index (χ4n) is 1.94. The van der Waals surface area contributed by atoms with Gasteiger partial charge in [0.05, 0.1) is 0 Å². The van der Waals surface area contributed by atoms with Crippen molar-refractivity contribution in [1.29, 1.82) is 0 Å². The van der Waals surface area contributed by atoms with Crippen molar-refractivity contribution in [3.63, 3.8) is 0 Å². The summed E-state index contributed by atoms with van der Waals surface area (Å²) in [6, 6.07) is 3.54. The van der Waals surface area contributed by atoms with Crippen LogP contribution in [0, 0.1) is 6.92 Å². The normalized spacial score (nSPS) is 12.6. The van der Waals surface area contributed by atoms with E-state index in [4.69, 9.17) is 11.6 Å². The Morgan fingerprint density at radius 1 is 1.33 bits per heavy atom. The molecule has 6 heteroatoms. The molecule has 1 aromatic rings. The molecule has 1 heterocycles. The van der Waals surface area contributed by atoms with Crippen LogP contribution in [-0.2, 0) is 10.0 Å². The third-order valence-corrected chi connectivity index (χ3v) is 6.52. The summed E-state index contributed by atoms with van der Waals surface area (Å²) in [6.07, 6.45) is 1.61. The van der Waals surface area contributed by atoms with E-state index in [0.717, 1.165) is 17.7 Å². The second kappa shape index (κ2) is 6.89. The van der Waals surface area contributed by atoms with Gasteiger partial charge >= 0.3 is 0 Å². The Morgan fingerprint density at radius 2 is 1.94 bits per heavy atom. The molecule has 104 valence electrons. The van der Waals surface area contributed by atoms with Crippen LogP contribution in [0.2, 0.25) is 0 Å².